The predicted octanol–water partition coefficient (Wildman–Crippen LogP) is 1.68. The molecule has 2 amide bonds. The second-order valence-electron chi connectivity index (χ2n) is 9.60. The second kappa shape index (κ2) is 8.89. The van der Waals surface area contributed by atoms with Gasteiger partial charge in [-0.2, -0.15) is 0 Å². The van der Waals surface area contributed by atoms with Crippen LogP contribution in [0.4, 0.5) is 0 Å². The average molecular weight is 508 g/mol. The summed E-state index contributed by atoms with van der Waals surface area (Å²) in [6, 6.07) is 6.68. The van der Waals surface area contributed by atoms with Crippen LogP contribution in [0.15, 0.2) is 36.8 Å². The zero-order chi connectivity index (χ0) is 25.8. The minimum absolute atomic E-state index is 0.155. The molecule has 2 aliphatic rings. The molecule has 1 aromatic carbocycles. The number of rotatable bonds is 5. The van der Waals surface area contributed by atoms with Crippen molar-refractivity contribution in [2.45, 2.75) is 38.0 Å². The highest BCUT2D eigenvalue weighted by Crippen LogP contribution is 2.66. The molecule has 0 bridgehead atoms. The summed E-state index contributed by atoms with van der Waals surface area (Å²) in [6.45, 7) is 3.68. The summed E-state index contributed by atoms with van der Waals surface area (Å²) >= 11 is 6.15. The van der Waals surface area contributed by atoms with E-state index in [-0.39, 0.29) is 36.9 Å². The number of nitrogens with zero attached hydrogens (tertiary/aromatic N) is 4. The van der Waals surface area contributed by atoms with E-state index < -0.39 is 17.6 Å². The number of aryl methyl sites for hydroxylation is 1. The van der Waals surface area contributed by atoms with Crippen molar-refractivity contribution in [3.8, 4) is 11.8 Å². The fourth-order valence-electron chi connectivity index (χ4n) is 5.54. The van der Waals surface area contributed by atoms with Crippen LogP contribution in [0.5, 0.6) is 0 Å². The van der Waals surface area contributed by atoms with E-state index in [4.69, 9.17) is 17.3 Å². The molecule has 2 heterocycles. The molecule has 36 heavy (non-hydrogen) atoms. The number of carbonyl (C=O) groups excluding carboxylic acids is 2. The molecule has 0 saturated heterocycles. The Morgan fingerprint density at radius 2 is 2.11 bits per heavy atom. The molecular formula is C26H26ClN5O4. The average Bonchev–Trinajstić information content (AvgIpc) is 3.10. The number of nitrogens with two attached hydrogens (primary N) is 1. The van der Waals surface area contributed by atoms with Crippen LogP contribution in [0, 0.1) is 30.6 Å². The smallest absolute Gasteiger partial charge is 0.249 e. The van der Waals surface area contributed by atoms with Crippen molar-refractivity contribution in [1.82, 2.24) is 19.4 Å². The third-order valence-electron chi connectivity index (χ3n) is 7.48. The summed E-state index contributed by atoms with van der Waals surface area (Å²) in [4.78, 5) is 33.7. The number of aromatic nitrogens is 3. The van der Waals surface area contributed by atoms with E-state index >= 15 is 0 Å². The molecule has 2 aliphatic carbocycles. The monoisotopic (exact) mass is 507 g/mol. The van der Waals surface area contributed by atoms with Crippen LogP contribution in [-0.4, -0.2) is 66.3 Å². The van der Waals surface area contributed by atoms with Crippen molar-refractivity contribution >= 4 is 34.4 Å². The van der Waals surface area contributed by atoms with Gasteiger partial charge in [-0.05, 0) is 37.1 Å². The zero-order valence-corrected chi connectivity index (χ0v) is 20.6. The Bertz CT molecular complexity index is 1440. The van der Waals surface area contributed by atoms with Crippen LogP contribution >= 0.6 is 11.6 Å². The molecule has 2 fully saturated rings. The van der Waals surface area contributed by atoms with Crippen molar-refractivity contribution in [2.75, 3.05) is 13.1 Å². The van der Waals surface area contributed by atoms with E-state index in [2.05, 4.69) is 21.8 Å². The first-order chi connectivity index (χ1) is 17.1. The van der Waals surface area contributed by atoms with Gasteiger partial charge in [0.05, 0.1) is 24.1 Å². The maximum Gasteiger partial charge on any atom is 0.249 e. The lowest BCUT2D eigenvalue weighted by molar-refractivity contribution is -0.129. The number of halogens is 1. The Kier molecular flexibility index (Phi) is 5.99. The first kappa shape index (κ1) is 24.3. The van der Waals surface area contributed by atoms with Gasteiger partial charge in [0.2, 0.25) is 11.8 Å². The highest BCUT2D eigenvalue weighted by Gasteiger charge is 2.75. The van der Waals surface area contributed by atoms with Crippen molar-refractivity contribution in [2.24, 2.45) is 17.6 Å². The van der Waals surface area contributed by atoms with Gasteiger partial charge in [0.15, 0.2) is 0 Å². The van der Waals surface area contributed by atoms with Crippen molar-refractivity contribution in [3.05, 3.63) is 58.6 Å². The van der Waals surface area contributed by atoms with Crippen LogP contribution in [0.25, 0.3) is 11.0 Å². The molecule has 1 unspecified atom stereocenters. The van der Waals surface area contributed by atoms with E-state index in [9.17, 15) is 19.8 Å². The highest BCUT2D eigenvalue weighted by molar-refractivity contribution is 6.33. The van der Waals surface area contributed by atoms with Crippen molar-refractivity contribution < 1.29 is 19.8 Å². The molecule has 0 spiro atoms. The zero-order valence-electron chi connectivity index (χ0n) is 19.8. The van der Waals surface area contributed by atoms with Gasteiger partial charge in [0.25, 0.3) is 0 Å². The fraction of sp³-hybridized carbons (Fsp3) is 0.385. The van der Waals surface area contributed by atoms with Crippen LogP contribution < -0.4 is 5.73 Å². The third kappa shape index (κ3) is 3.91. The molecule has 10 heteroatoms. The van der Waals surface area contributed by atoms with E-state index in [1.165, 1.54) is 13.3 Å². The SMILES string of the molecule is CC(=O)N(CC#Cc1ccc(C)c(C(N)=O)c1)C[C@H]1C[C@H]2C(n3ccc4c(Cl)ncnc43)[C@@]2(O)[C@@H]1O. The number of primary amides is 1. The Labute approximate surface area is 212 Å². The number of hydrogen-bond acceptors (Lipinski definition) is 6. The summed E-state index contributed by atoms with van der Waals surface area (Å²) in [5.74, 6) is 4.80. The Balaban J connectivity index is 1.27. The standard InChI is InChI=1S/C26H26ClN5O4/c1-14-5-6-16(10-19(14)24(28)35)4-3-8-31(15(2)33)12-17-11-20-21(26(20,36)22(17)34)32-9-7-18-23(27)29-13-30-25(18)32/h5-7,9-10,13,17,20-22,34,36H,8,11-12H2,1-2H3,(H2,28,35)/t17-,20+,21?,22-,26-/m1/s1. The molecule has 5 atom stereocenters. The van der Waals surface area contributed by atoms with E-state index in [1.54, 1.807) is 42.3 Å². The number of aliphatic hydroxyl groups excluding tert-OH is 1. The summed E-state index contributed by atoms with van der Waals surface area (Å²) < 4.78 is 1.85. The summed E-state index contributed by atoms with van der Waals surface area (Å²) in [5.41, 5.74) is 6.53. The van der Waals surface area contributed by atoms with Crippen molar-refractivity contribution in [1.29, 1.82) is 0 Å². The van der Waals surface area contributed by atoms with Gasteiger partial charge in [0.1, 0.15) is 22.7 Å². The lowest BCUT2D eigenvalue weighted by Crippen LogP contribution is -2.42. The van der Waals surface area contributed by atoms with Gasteiger partial charge in [-0.15, -0.1) is 0 Å². The third-order valence-corrected chi connectivity index (χ3v) is 7.78. The number of aliphatic hydroxyl groups is 2. The molecule has 5 rings (SSSR count). The fourth-order valence-corrected chi connectivity index (χ4v) is 5.73. The second-order valence-corrected chi connectivity index (χ2v) is 9.96. The lowest BCUT2D eigenvalue weighted by atomic mass is 9.97. The van der Waals surface area contributed by atoms with Gasteiger partial charge >= 0.3 is 0 Å². The molecule has 0 radical (unpaired) electrons. The Morgan fingerprint density at radius 1 is 1.33 bits per heavy atom. The van der Waals surface area contributed by atoms with Crippen LogP contribution in [0.3, 0.4) is 0 Å². The predicted molar refractivity (Wildman–Crippen MR) is 133 cm³/mol. The molecule has 2 saturated carbocycles. The number of carbonyl (C=O) groups is 2. The van der Waals surface area contributed by atoms with Crippen LogP contribution in [0.1, 0.15) is 40.9 Å². The quantitative estimate of drug-likeness (QED) is 0.355. The van der Waals surface area contributed by atoms with E-state index in [0.29, 0.717) is 33.7 Å². The minimum Gasteiger partial charge on any atom is -0.390 e. The normalized spacial score (nSPS) is 26.2. The van der Waals surface area contributed by atoms with Gasteiger partial charge in [0, 0.05) is 42.6 Å². The molecule has 2 aromatic heterocycles. The molecule has 0 aliphatic heterocycles. The van der Waals surface area contributed by atoms with Crippen LogP contribution in [0.2, 0.25) is 5.15 Å². The summed E-state index contributed by atoms with van der Waals surface area (Å²) in [5, 5.41) is 23.4. The van der Waals surface area contributed by atoms with E-state index in [0.717, 1.165) is 5.56 Å². The topological polar surface area (TPSA) is 135 Å². The molecule has 186 valence electrons. The van der Waals surface area contributed by atoms with Gasteiger partial charge in [-0.25, -0.2) is 9.97 Å². The van der Waals surface area contributed by atoms with Gasteiger partial charge in [-0.3, -0.25) is 9.59 Å². The van der Waals surface area contributed by atoms with Crippen molar-refractivity contribution in [3.63, 3.8) is 0 Å². The molecule has 9 nitrogen and oxygen atoms in total. The molecule has 4 N–H and O–H groups in total. The number of amides is 2. The molecular weight excluding hydrogens is 482 g/mol. The van der Waals surface area contributed by atoms with E-state index in [1.807, 2.05) is 4.57 Å². The molecule has 3 aromatic rings. The van der Waals surface area contributed by atoms with Crippen LogP contribution in [-0.2, 0) is 4.79 Å². The minimum atomic E-state index is -1.30. The Hall–Kier alpha value is -3.45. The van der Waals surface area contributed by atoms with Gasteiger partial charge in [-0.1, -0.05) is 29.5 Å². The summed E-state index contributed by atoms with van der Waals surface area (Å²) in [6.07, 6.45) is 2.73. The highest BCUT2D eigenvalue weighted by atomic mass is 35.5. The maximum atomic E-state index is 12.3. The number of benzene rings is 1. The summed E-state index contributed by atoms with van der Waals surface area (Å²) in [7, 11) is 0. The maximum absolute atomic E-state index is 12.3. The first-order valence-corrected chi connectivity index (χ1v) is 12.0. The largest absolute Gasteiger partial charge is 0.390 e. The Morgan fingerprint density at radius 3 is 2.78 bits per heavy atom. The van der Waals surface area contributed by atoms with Gasteiger partial charge < -0.3 is 25.4 Å². The lowest BCUT2D eigenvalue weighted by Gasteiger charge is -2.28. The first-order valence-electron chi connectivity index (χ1n) is 11.6. The number of fused-ring (bicyclic) bond motifs is 2. The number of hydrogen-bond donors (Lipinski definition) is 3.